The number of aromatic amines is 2. The van der Waals surface area contributed by atoms with Crippen molar-refractivity contribution in [3.05, 3.63) is 212 Å². The number of hydrogen-bond acceptors (Lipinski definition) is 2. The Bertz CT molecular complexity index is 4000. The molecule has 5 heterocycles. The van der Waals surface area contributed by atoms with Gasteiger partial charge in [-0.2, -0.15) is 0 Å². The van der Waals surface area contributed by atoms with Crippen molar-refractivity contribution in [3.63, 3.8) is 0 Å². The van der Waals surface area contributed by atoms with Crippen molar-refractivity contribution >= 4 is 77.7 Å². The van der Waals surface area contributed by atoms with E-state index in [1.807, 2.05) is 0 Å². The number of nitrogens with zero attached hydrogens (tertiary/aromatic N) is 2. The molecule has 6 unspecified atom stereocenters. The summed E-state index contributed by atoms with van der Waals surface area (Å²) in [5.74, 6) is 1.94. The smallest absolute Gasteiger partial charge is 0.0700 e. The Morgan fingerprint density at radius 3 is 1.05 bits per heavy atom. The highest BCUT2D eigenvalue weighted by atomic mass is 14.8. The van der Waals surface area contributed by atoms with Crippen molar-refractivity contribution in [2.75, 3.05) is 0 Å². The number of rotatable bonds is 0. The minimum atomic E-state index is 0.309. The van der Waals surface area contributed by atoms with E-state index in [0.29, 0.717) is 35.5 Å². The Morgan fingerprint density at radius 2 is 0.636 bits per heavy atom. The lowest BCUT2D eigenvalue weighted by molar-refractivity contribution is 0.528. The van der Waals surface area contributed by atoms with Gasteiger partial charge in [0.2, 0.25) is 0 Å². The highest BCUT2D eigenvalue weighted by Crippen LogP contribution is 2.62. The van der Waals surface area contributed by atoms with Gasteiger partial charge in [-0.15, -0.1) is 0 Å². The summed E-state index contributed by atoms with van der Waals surface area (Å²) in [6.45, 7) is 0. The molecule has 3 aromatic heterocycles. The van der Waals surface area contributed by atoms with E-state index in [-0.39, 0.29) is 0 Å². The SMILES string of the molecule is C1=Cc2cc3[nH]c(cc4[nH]c(cc5nc(cc1n2)C1=C5C2CCC1c1cc5ccccc5cc12)c1c4C2CCC1c1cc4ccccc4cc12)c1c3C2CCC1c1cc3ccccc3cc12. The molecule has 0 spiro atoms. The van der Waals surface area contributed by atoms with Crippen LogP contribution in [0.25, 0.3) is 77.7 Å². The van der Waals surface area contributed by atoms with E-state index in [4.69, 9.17) is 9.97 Å². The molecule has 4 heteroatoms. The Morgan fingerprint density at radius 1 is 0.318 bits per heavy atom. The number of aromatic nitrogens is 4. The first-order chi connectivity index (χ1) is 32.6. The summed E-state index contributed by atoms with van der Waals surface area (Å²) in [5.41, 5.74) is 27.0. The topological polar surface area (TPSA) is 57.4 Å². The van der Waals surface area contributed by atoms with Gasteiger partial charge < -0.3 is 9.97 Å². The maximum Gasteiger partial charge on any atom is 0.0700 e. The first kappa shape index (κ1) is 35.0. The average molecular weight is 845 g/mol. The van der Waals surface area contributed by atoms with Crippen LogP contribution < -0.4 is 0 Å². The van der Waals surface area contributed by atoms with Crippen LogP contribution in [0.15, 0.2) is 133 Å². The van der Waals surface area contributed by atoms with E-state index in [1.54, 1.807) is 0 Å². The standard InChI is InChI=1S/C62H44N4/c1-3-9-33-23-47-41-17-15-39(45(47)21-31(33)7-1)57-51-27-37-13-14-38(63-37)28-52-58-40-16-18-42(48-24-34-10-4-2-8-32(34)22-46(40)48)60(58)54(65-52)30-56-62-44-20-19-43(61(62)55(66-56)29-53(64-51)59(41)57)49-25-35-11-5-6-12-36(35)26-50(44)49/h1-14,21-30,39-44,64,66H,15-20H2. The second-order valence-electron chi connectivity index (χ2n) is 20.7. The summed E-state index contributed by atoms with van der Waals surface area (Å²) in [7, 11) is 0. The third-order valence-corrected chi connectivity index (χ3v) is 17.6. The molecule has 9 aromatic rings. The second kappa shape index (κ2) is 12.3. The molecule has 4 nitrogen and oxygen atoms in total. The van der Waals surface area contributed by atoms with E-state index in [9.17, 15) is 0 Å². The van der Waals surface area contributed by atoms with Gasteiger partial charge in [0, 0.05) is 57.6 Å². The van der Waals surface area contributed by atoms with Crippen LogP contribution in [0.3, 0.4) is 0 Å². The first-order valence-corrected chi connectivity index (χ1v) is 24.5. The summed E-state index contributed by atoms with van der Waals surface area (Å²) in [5, 5.41) is 8.02. The number of benzene rings is 6. The van der Waals surface area contributed by atoms with Crippen LogP contribution in [0.2, 0.25) is 0 Å². The third kappa shape index (κ3) is 4.50. The number of allylic oxidation sites excluding steroid dienone is 2. The van der Waals surface area contributed by atoms with Crippen LogP contribution in [0.5, 0.6) is 0 Å². The number of fused-ring (bicyclic) bond motifs is 14. The molecule has 2 aliphatic heterocycles. The lowest BCUT2D eigenvalue weighted by atomic mass is 9.62. The van der Waals surface area contributed by atoms with Gasteiger partial charge >= 0.3 is 0 Å². The molecule has 20 rings (SSSR count). The predicted molar refractivity (Wildman–Crippen MR) is 269 cm³/mol. The summed E-state index contributed by atoms with van der Waals surface area (Å²) >= 11 is 0. The molecule has 14 bridgehead atoms. The van der Waals surface area contributed by atoms with Gasteiger partial charge in [0.15, 0.2) is 0 Å². The summed E-state index contributed by atoms with van der Waals surface area (Å²) in [6, 6.07) is 51.6. The highest BCUT2D eigenvalue weighted by Gasteiger charge is 2.45. The van der Waals surface area contributed by atoms with E-state index < -0.39 is 0 Å². The number of H-pyrrole nitrogens is 2. The first-order valence-electron chi connectivity index (χ1n) is 24.5. The molecule has 9 aliphatic carbocycles. The molecule has 0 saturated carbocycles. The molecule has 6 atom stereocenters. The van der Waals surface area contributed by atoms with Crippen molar-refractivity contribution in [1.29, 1.82) is 0 Å². The van der Waals surface area contributed by atoms with Crippen molar-refractivity contribution in [2.24, 2.45) is 0 Å². The van der Waals surface area contributed by atoms with Gasteiger partial charge in [-0.05, 0) is 174 Å². The predicted octanol–water partition coefficient (Wildman–Crippen LogP) is 15.3. The van der Waals surface area contributed by atoms with E-state index in [0.717, 1.165) is 54.9 Å². The van der Waals surface area contributed by atoms with E-state index in [2.05, 4.69) is 156 Å². The maximum atomic E-state index is 5.73. The van der Waals surface area contributed by atoms with Gasteiger partial charge in [0.25, 0.3) is 0 Å². The highest BCUT2D eigenvalue weighted by molar-refractivity contribution is 6.03. The van der Waals surface area contributed by atoms with Crippen molar-refractivity contribution in [2.45, 2.75) is 74.0 Å². The van der Waals surface area contributed by atoms with Crippen molar-refractivity contribution in [1.82, 2.24) is 19.9 Å². The van der Waals surface area contributed by atoms with Crippen molar-refractivity contribution in [3.8, 4) is 0 Å². The van der Waals surface area contributed by atoms with Gasteiger partial charge in [0.1, 0.15) is 0 Å². The lowest BCUT2D eigenvalue weighted by Gasteiger charge is -2.40. The summed E-state index contributed by atoms with van der Waals surface area (Å²) in [6.07, 6.45) is 11.4. The molecular formula is C62H44N4. The fourth-order valence-corrected chi connectivity index (χ4v) is 15.1. The minimum Gasteiger partial charge on any atom is -0.355 e. The molecule has 11 aliphatic rings. The molecule has 6 aromatic carbocycles. The van der Waals surface area contributed by atoms with Crippen LogP contribution in [-0.2, 0) is 0 Å². The fraction of sp³-hybridized carbons (Fsp3) is 0.194. The Labute approximate surface area is 381 Å². The molecule has 2 N–H and O–H groups in total. The van der Waals surface area contributed by atoms with Crippen LogP contribution in [0, 0.1) is 0 Å². The Balaban J connectivity index is 0.975. The molecule has 0 fully saturated rings. The molecule has 0 amide bonds. The molecule has 66 heavy (non-hydrogen) atoms. The molecular weight excluding hydrogens is 801 g/mol. The van der Waals surface area contributed by atoms with Gasteiger partial charge in [0.05, 0.1) is 22.8 Å². The van der Waals surface area contributed by atoms with Gasteiger partial charge in [-0.25, -0.2) is 9.97 Å². The number of nitrogens with one attached hydrogen (secondary N) is 2. The summed E-state index contributed by atoms with van der Waals surface area (Å²) in [4.78, 5) is 19.4. The zero-order chi connectivity index (χ0) is 42.5. The molecule has 0 radical (unpaired) electrons. The van der Waals surface area contributed by atoms with Gasteiger partial charge in [-0.3, -0.25) is 0 Å². The normalized spacial score (nSPS) is 23.3. The van der Waals surface area contributed by atoms with Crippen molar-refractivity contribution < 1.29 is 0 Å². The Kier molecular flexibility index (Phi) is 6.54. The maximum absolute atomic E-state index is 5.73. The third-order valence-electron chi connectivity index (χ3n) is 17.6. The van der Waals surface area contributed by atoms with Crippen LogP contribution >= 0.6 is 0 Å². The minimum absolute atomic E-state index is 0.309. The molecule has 312 valence electrons. The average Bonchev–Trinajstić information content (AvgIpc) is 4.15. The van der Waals surface area contributed by atoms with Gasteiger partial charge in [-0.1, -0.05) is 109 Å². The second-order valence-corrected chi connectivity index (χ2v) is 20.7. The van der Waals surface area contributed by atoms with Crippen LogP contribution in [0.1, 0.15) is 152 Å². The zero-order valence-electron chi connectivity index (χ0n) is 36.5. The van der Waals surface area contributed by atoms with E-state index in [1.165, 1.54) is 128 Å². The van der Waals surface area contributed by atoms with Crippen LogP contribution in [-0.4, -0.2) is 19.9 Å². The molecule has 0 saturated heterocycles. The number of hydrogen-bond donors (Lipinski definition) is 2. The Hall–Kier alpha value is -7.30. The monoisotopic (exact) mass is 844 g/mol. The summed E-state index contributed by atoms with van der Waals surface area (Å²) < 4.78 is 0. The van der Waals surface area contributed by atoms with Crippen LogP contribution in [0.4, 0.5) is 0 Å². The lowest BCUT2D eigenvalue weighted by Crippen LogP contribution is -2.24. The fourth-order valence-electron chi connectivity index (χ4n) is 15.1. The zero-order valence-corrected chi connectivity index (χ0v) is 36.5. The largest absolute Gasteiger partial charge is 0.355 e. The van der Waals surface area contributed by atoms with E-state index >= 15 is 0 Å². The quantitative estimate of drug-likeness (QED) is 0.160.